The van der Waals surface area contributed by atoms with Gasteiger partial charge in [0.05, 0.1) is 12.5 Å². The van der Waals surface area contributed by atoms with Crippen LogP contribution in [0.4, 0.5) is 0 Å². The fraction of sp³-hybridized carbons (Fsp3) is 0.611. The van der Waals surface area contributed by atoms with E-state index >= 15 is 0 Å². The van der Waals surface area contributed by atoms with Crippen molar-refractivity contribution in [2.24, 2.45) is 11.8 Å². The Balaban J connectivity index is 1.90. The molecule has 1 saturated carbocycles. The maximum atomic E-state index is 12.3. The SMILES string of the molecule is CCCC1CCC(C(=O)Oc2ccccc2OCC)CC1. The van der Waals surface area contributed by atoms with E-state index in [2.05, 4.69) is 6.92 Å². The minimum atomic E-state index is -0.0999. The first-order valence-electron chi connectivity index (χ1n) is 8.18. The minimum absolute atomic E-state index is 0.0489. The number of ether oxygens (including phenoxy) is 2. The number of esters is 1. The smallest absolute Gasteiger partial charge is 0.314 e. The highest BCUT2D eigenvalue weighted by Crippen LogP contribution is 2.34. The van der Waals surface area contributed by atoms with E-state index in [4.69, 9.17) is 9.47 Å². The van der Waals surface area contributed by atoms with Crippen LogP contribution in [-0.2, 0) is 4.79 Å². The van der Waals surface area contributed by atoms with Crippen LogP contribution in [0.15, 0.2) is 24.3 Å². The summed E-state index contributed by atoms with van der Waals surface area (Å²) in [5.41, 5.74) is 0. The van der Waals surface area contributed by atoms with Crippen molar-refractivity contribution in [2.75, 3.05) is 6.61 Å². The maximum Gasteiger partial charge on any atom is 0.314 e. The second kappa shape index (κ2) is 8.06. The fourth-order valence-electron chi connectivity index (χ4n) is 3.10. The van der Waals surface area contributed by atoms with Crippen molar-refractivity contribution < 1.29 is 14.3 Å². The van der Waals surface area contributed by atoms with Gasteiger partial charge in [-0.3, -0.25) is 4.79 Å². The van der Waals surface area contributed by atoms with Crippen molar-refractivity contribution in [3.8, 4) is 11.5 Å². The van der Waals surface area contributed by atoms with Gasteiger partial charge in [-0.15, -0.1) is 0 Å². The molecule has 3 nitrogen and oxygen atoms in total. The van der Waals surface area contributed by atoms with Crippen LogP contribution in [-0.4, -0.2) is 12.6 Å². The summed E-state index contributed by atoms with van der Waals surface area (Å²) < 4.78 is 11.1. The van der Waals surface area contributed by atoms with Crippen molar-refractivity contribution >= 4 is 5.97 Å². The van der Waals surface area contributed by atoms with E-state index in [1.165, 1.54) is 12.8 Å². The Labute approximate surface area is 127 Å². The Morgan fingerprint density at radius 3 is 2.38 bits per heavy atom. The van der Waals surface area contributed by atoms with Crippen LogP contribution < -0.4 is 9.47 Å². The van der Waals surface area contributed by atoms with Crippen LogP contribution in [0.5, 0.6) is 11.5 Å². The number of rotatable bonds is 6. The number of para-hydroxylation sites is 2. The lowest BCUT2D eigenvalue weighted by molar-refractivity contribution is -0.140. The average molecular weight is 290 g/mol. The predicted octanol–water partition coefficient (Wildman–Crippen LogP) is 4.60. The van der Waals surface area contributed by atoms with Gasteiger partial charge < -0.3 is 9.47 Å². The van der Waals surface area contributed by atoms with Gasteiger partial charge in [0.25, 0.3) is 0 Å². The Kier molecular flexibility index (Phi) is 6.09. The van der Waals surface area contributed by atoms with Crippen molar-refractivity contribution in [3.05, 3.63) is 24.3 Å². The summed E-state index contributed by atoms with van der Waals surface area (Å²) in [6.45, 7) is 4.72. The summed E-state index contributed by atoms with van der Waals surface area (Å²) in [4.78, 5) is 12.3. The molecule has 0 amide bonds. The summed E-state index contributed by atoms with van der Waals surface area (Å²) in [6.07, 6.45) is 6.75. The molecule has 0 heterocycles. The van der Waals surface area contributed by atoms with Crippen molar-refractivity contribution in [1.29, 1.82) is 0 Å². The Morgan fingerprint density at radius 1 is 1.10 bits per heavy atom. The van der Waals surface area contributed by atoms with Gasteiger partial charge in [-0.05, 0) is 50.7 Å². The van der Waals surface area contributed by atoms with Gasteiger partial charge >= 0.3 is 5.97 Å². The summed E-state index contributed by atoms with van der Waals surface area (Å²) in [6, 6.07) is 7.39. The topological polar surface area (TPSA) is 35.5 Å². The minimum Gasteiger partial charge on any atom is -0.490 e. The van der Waals surface area contributed by atoms with Gasteiger partial charge in [-0.25, -0.2) is 0 Å². The van der Waals surface area contributed by atoms with Gasteiger partial charge in [0.15, 0.2) is 11.5 Å². The van der Waals surface area contributed by atoms with Crippen LogP contribution in [0.25, 0.3) is 0 Å². The van der Waals surface area contributed by atoms with E-state index in [9.17, 15) is 4.79 Å². The van der Waals surface area contributed by atoms with Gasteiger partial charge in [0, 0.05) is 0 Å². The summed E-state index contributed by atoms with van der Waals surface area (Å²) in [5.74, 6) is 1.94. The van der Waals surface area contributed by atoms with E-state index in [0.29, 0.717) is 18.1 Å². The van der Waals surface area contributed by atoms with Crippen molar-refractivity contribution in [2.45, 2.75) is 52.4 Å². The molecular weight excluding hydrogens is 264 g/mol. The monoisotopic (exact) mass is 290 g/mol. The van der Waals surface area contributed by atoms with E-state index < -0.39 is 0 Å². The zero-order chi connectivity index (χ0) is 15.1. The molecule has 3 heteroatoms. The van der Waals surface area contributed by atoms with Gasteiger partial charge in [0.1, 0.15) is 0 Å². The molecule has 0 unspecified atom stereocenters. The first kappa shape index (κ1) is 15.9. The normalized spacial score (nSPS) is 21.8. The molecule has 1 fully saturated rings. The molecule has 116 valence electrons. The average Bonchev–Trinajstić information content (AvgIpc) is 2.50. The number of hydrogen-bond donors (Lipinski definition) is 0. The summed E-state index contributed by atoms with van der Waals surface area (Å²) in [5, 5.41) is 0. The number of benzene rings is 1. The van der Waals surface area contributed by atoms with Gasteiger partial charge in [-0.2, -0.15) is 0 Å². The molecule has 1 aromatic rings. The second-order valence-electron chi connectivity index (χ2n) is 5.81. The standard InChI is InChI=1S/C18H26O3/c1-3-7-14-10-12-15(13-11-14)18(19)21-17-9-6-5-8-16(17)20-4-2/h5-6,8-9,14-15H,3-4,7,10-13H2,1-2H3. The molecule has 1 aromatic carbocycles. The van der Waals surface area contributed by atoms with Crippen LogP contribution in [0, 0.1) is 11.8 Å². The fourth-order valence-corrected chi connectivity index (χ4v) is 3.10. The largest absolute Gasteiger partial charge is 0.490 e. The lowest BCUT2D eigenvalue weighted by atomic mass is 9.80. The summed E-state index contributed by atoms with van der Waals surface area (Å²) in [7, 11) is 0. The third-order valence-electron chi connectivity index (χ3n) is 4.24. The molecule has 2 rings (SSSR count). The molecule has 0 aromatic heterocycles. The molecule has 1 aliphatic carbocycles. The third kappa shape index (κ3) is 4.48. The van der Waals surface area contributed by atoms with Crippen molar-refractivity contribution in [3.63, 3.8) is 0 Å². The molecule has 0 radical (unpaired) electrons. The highest BCUT2D eigenvalue weighted by molar-refractivity contribution is 5.76. The molecule has 0 saturated heterocycles. The first-order valence-corrected chi connectivity index (χ1v) is 8.18. The lowest BCUT2D eigenvalue weighted by Crippen LogP contribution is -2.25. The van der Waals surface area contributed by atoms with Gasteiger partial charge in [-0.1, -0.05) is 31.9 Å². The molecule has 0 spiro atoms. The highest BCUT2D eigenvalue weighted by atomic mass is 16.6. The predicted molar refractivity (Wildman–Crippen MR) is 83.6 cm³/mol. The Bertz CT molecular complexity index is 448. The molecule has 0 bridgehead atoms. The van der Waals surface area contributed by atoms with Gasteiger partial charge in [0.2, 0.25) is 0 Å². The third-order valence-corrected chi connectivity index (χ3v) is 4.24. The Morgan fingerprint density at radius 2 is 1.76 bits per heavy atom. The lowest BCUT2D eigenvalue weighted by Gasteiger charge is -2.27. The first-order chi connectivity index (χ1) is 10.2. The van der Waals surface area contributed by atoms with E-state index in [0.717, 1.165) is 31.6 Å². The molecule has 1 aliphatic rings. The van der Waals surface area contributed by atoms with Crippen LogP contribution in [0.1, 0.15) is 52.4 Å². The molecule has 21 heavy (non-hydrogen) atoms. The van der Waals surface area contributed by atoms with Crippen molar-refractivity contribution in [1.82, 2.24) is 0 Å². The van der Waals surface area contributed by atoms with E-state index in [-0.39, 0.29) is 11.9 Å². The maximum absolute atomic E-state index is 12.3. The zero-order valence-corrected chi connectivity index (χ0v) is 13.1. The number of hydrogen-bond acceptors (Lipinski definition) is 3. The molecular formula is C18H26O3. The second-order valence-corrected chi connectivity index (χ2v) is 5.81. The van der Waals surface area contributed by atoms with E-state index in [1.54, 1.807) is 6.07 Å². The number of carbonyl (C=O) groups is 1. The zero-order valence-electron chi connectivity index (χ0n) is 13.1. The highest BCUT2D eigenvalue weighted by Gasteiger charge is 2.27. The van der Waals surface area contributed by atoms with Crippen LogP contribution in [0.3, 0.4) is 0 Å². The van der Waals surface area contributed by atoms with Crippen LogP contribution >= 0.6 is 0 Å². The quantitative estimate of drug-likeness (QED) is 0.567. The molecule has 0 N–H and O–H groups in total. The van der Waals surface area contributed by atoms with Crippen LogP contribution in [0.2, 0.25) is 0 Å². The number of carbonyl (C=O) groups excluding carboxylic acids is 1. The molecule has 0 aliphatic heterocycles. The summed E-state index contributed by atoms with van der Waals surface area (Å²) >= 11 is 0. The Hall–Kier alpha value is -1.51. The van der Waals surface area contributed by atoms with E-state index in [1.807, 2.05) is 25.1 Å². The molecule has 0 atom stereocenters.